The summed E-state index contributed by atoms with van der Waals surface area (Å²) in [5.41, 5.74) is 0. The fraction of sp³-hybridized carbons (Fsp3) is 0.969. The third-order valence-electron chi connectivity index (χ3n) is 7.16. The van der Waals surface area contributed by atoms with Gasteiger partial charge >= 0.3 is 0 Å². The van der Waals surface area contributed by atoms with Crippen molar-refractivity contribution < 1.29 is 4.74 Å². The average molecular weight is 466 g/mol. The molecule has 0 rings (SSSR count). The summed E-state index contributed by atoms with van der Waals surface area (Å²) < 4.78 is 5.69. The van der Waals surface area contributed by atoms with Crippen molar-refractivity contribution >= 4 is 0 Å². The molecule has 0 aliphatic heterocycles. The zero-order valence-electron chi connectivity index (χ0n) is 23.5. The van der Waals surface area contributed by atoms with Gasteiger partial charge in [0.2, 0.25) is 0 Å². The van der Waals surface area contributed by atoms with Crippen LogP contribution in [-0.4, -0.2) is 6.61 Å². The third kappa shape index (κ3) is 32.0. The number of rotatable bonds is 30. The monoisotopic (exact) mass is 466 g/mol. The van der Waals surface area contributed by atoms with Crippen molar-refractivity contribution in [2.45, 2.75) is 194 Å². The highest BCUT2D eigenvalue weighted by Crippen LogP contribution is 2.15. The lowest BCUT2D eigenvalue weighted by Gasteiger charge is -2.05. The van der Waals surface area contributed by atoms with Crippen LogP contribution < -0.4 is 0 Å². The molecule has 0 spiro atoms. The van der Waals surface area contributed by atoms with E-state index in [1.54, 1.807) is 0 Å². The lowest BCUT2D eigenvalue weighted by molar-refractivity contribution is 0.183. The molecule has 0 aromatic heterocycles. The largest absolute Gasteiger partial charge is 0.376 e. The molecule has 0 atom stereocenters. The van der Waals surface area contributed by atoms with Crippen LogP contribution in [0.15, 0.2) is 0 Å². The molecule has 0 aliphatic rings. The molecule has 0 aromatic rings. The topological polar surface area (TPSA) is 9.23 Å². The Balaban J connectivity index is 2.99. The first-order valence-electron chi connectivity index (χ1n) is 15.8. The van der Waals surface area contributed by atoms with Crippen LogP contribution in [0.4, 0.5) is 0 Å². The fourth-order valence-corrected chi connectivity index (χ4v) is 4.79. The highest BCUT2D eigenvalue weighted by molar-refractivity contribution is 4.54. The Bertz CT molecular complexity index is 284. The maximum atomic E-state index is 5.69. The average Bonchev–Trinajstić information content (AvgIpc) is 2.83. The fourth-order valence-electron chi connectivity index (χ4n) is 4.79. The molecule has 33 heavy (non-hydrogen) atoms. The van der Waals surface area contributed by atoms with Gasteiger partial charge in [0.15, 0.2) is 0 Å². The minimum absolute atomic E-state index is 0.939. The molecular formula is C32H65O. The summed E-state index contributed by atoms with van der Waals surface area (Å²) in [6, 6.07) is 0. The summed E-state index contributed by atoms with van der Waals surface area (Å²) in [7, 11) is 0. The van der Waals surface area contributed by atoms with Crippen LogP contribution in [0.25, 0.3) is 0 Å². The Labute approximate surface area is 211 Å². The van der Waals surface area contributed by atoms with E-state index in [4.69, 9.17) is 4.74 Å². The molecular weight excluding hydrogens is 400 g/mol. The van der Waals surface area contributed by atoms with Crippen molar-refractivity contribution in [1.82, 2.24) is 0 Å². The molecule has 0 saturated heterocycles. The summed E-state index contributed by atoms with van der Waals surface area (Å²) in [5.74, 6) is 0. The van der Waals surface area contributed by atoms with Crippen LogP contribution in [0.5, 0.6) is 0 Å². The van der Waals surface area contributed by atoms with Gasteiger partial charge in [0.25, 0.3) is 0 Å². The molecule has 1 heteroatoms. The van der Waals surface area contributed by atoms with E-state index in [0.29, 0.717) is 0 Å². The molecule has 0 fully saturated rings. The van der Waals surface area contributed by atoms with Gasteiger partial charge in [-0.2, -0.15) is 0 Å². The molecule has 0 unspecified atom stereocenters. The summed E-state index contributed by atoms with van der Waals surface area (Å²) in [4.78, 5) is 0. The van der Waals surface area contributed by atoms with Crippen molar-refractivity contribution in [3.8, 4) is 0 Å². The van der Waals surface area contributed by atoms with Crippen molar-refractivity contribution in [1.29, 1.82) is 0 Å². The Morgan fingerprint density at radius 3 is 0.939 bits per heavy atom. The van der Waals surface area contributed by atoms with Gasteiger partial charge in [-0.05, 0) is 12.8 Å². The molecule has 0 amide bonds. The molecule has 0 bridgehead atoms. The summed E-state index contributed by atoms with van der Waals surface area (Å²) in [5, 5.41) is 0. The first kappa shape index (κ1) is 33.0. The minimum atomic E-state index is 0.939. The molecule has 0 N–H and O–H groups in total. The first-order chi connectivity index (χ1) is 16.4. The second-order valence-corrected chi connectivity index (χ2v) is 10.7. The van der Waals surface area contributed by atoms with Gasteiger partial charge in [0, 0.05) is 6.61 Å². The SMILES string of the molecule is CCCCCCCCCCCCCCCCCCCCC[CH]OCCCCCCCCCC. The predicted molar refractivity (Wildman–Crippen MR) is 151 cm³/mol. The number of unbranched alkanes of at least 4 members (excludes halogenated alkanes) is 26. The van der Waals surface area contributed by atoms with Crippen molar-refractivity contribution in [3.05, 3.63) is 6.61 Å². The van der Waals surface area contributed by atoms with Gasteiger partial charge in [0.05, 0.1) is 6.61 Å². The van der Waals surface area contributed by atoms with Gasteiger partial charge < -0.3 is 4.74 Å². The van der Waals surface area contributed by atoms with E-state index in [1.807, 2.05) is 0 Å². The van der Waals surface area contributed by atoms with Gasteiger partial charge in [-0.15, -0.1) is 0 Å². The van der Waals surface area contributed by atoms with Crippen molar-refractivity contribution in [2.24, 2.45) is 0 Å². The van der Waals surface area contributed by atoms with Gasteiger partial charge in [0.1, 0.15) is 0 Å². The molecule has 199 valence electrons. The van der Waals surface area contributed by atoms with Gasteiger partial charge in [-0.25, -0.2) is 0 Å². The summed E-state index contributed by atoms with van der Waals surface area (Å²) in [6.07, 6.45) is 39.7. The minimum Gasteiger partial charge on any atom is -0.376 e. The molecule has 1 nitrogen and oxygen atoms in total. The Kier molecular flexibility index (Phi) is 31.9. The van der Waals surface area contributed by atoms with Crippen LogP contribution in [0.3, 0.4) is 0 Å². The van der Waals surface area contributed by atoms with Crippen molar-refractivity contribution in [3.63, 3.8) is 0 Å². The normalized spacial score (nSPS) is 11.5. The lowest BCUT2D eigenvalue weighted by Crippen LogP contribution is -1.92. The van der Waals surface area contributed by atoms with E-state index in [-0.39, 0.29) is 0 Å². The predicted octanol–water partition coefficient (Wildman–Crippen LogP) is 12.1. The van der Waals surface area contributed by atoms with E-state index in [2.05, 4.69) is 20.5 Å². The maximum Gasteiger partial charge on any atom is 0.0836 e. The quantitative estimate of drug-likeness (QED) is 0.0958. The first-order valence-corrected chi connectivity index (χ1v) is 15.8. The third-order valence-corrected chi connectivity index (χ3v) is 7.16. The molecule has 0 saturated carbocycles. The van der Waals surface area contributed by atoms with Crippen molar-refractivity contribution in [2.75, 3.05) is 6.61 Å². The Hall–Kier alpha value is -0.0400. The highest BCUT2D eigenvalue weighted by atomic mass is 16.5. The lowest BCUT2D eigenvalue weighted by atomic mass is 10.0. The zero-order valence-corrected chi connectivity index (χ0v) is 23.5. The standard InChI is InChI=1S/C32H65O/c1-3-5-7-9-11-13-14-15-16-17-18-19-20-21-22-23-24-26-28-30-32-33-31-29-27-25-12-10-8-6-4-2/h32H,3-31H2,1-2H3. The second-order valence-electron chi connectivity index (χ2n) is 10.7. The van der Waals surface area contributed by atoms with Crippen LogP contribution in [0, 0.1) is 6.61 Å². The summed E-state index contributed by atoms with van der Waals surface area (Å²) >= 11 is 0. The zero-order chi connectivity index (χ0) is 23.9. The number of ether oxygens (including phenoxy) is 1. The van der Waals surface area contributed by atoms with Crippen LogP contribution in [0.2, 0.25) is 0 Å². The smallest absolute Gasteiger partial charge is 0.0836 e. The van der Waals surface area contributed by atoms with E-state index in [1.165, 1.54) is 173 Å². The maximum absolute atomic E-state index is 5.69. The number of hydrogen-bond acceptors (Lipinski definition) is 1. The molecule has 1 radical (unpaired) electrons. The number of hydrogen-bond donors (Lipinski definition) is 0. The van der Waals surface area contributed by atoms with E-state index in [0.717, 1.165) is 13.0 Å². The van der Waals surface area contributed by atoms with Crippen LogP contribution in [0.1, 0.15) is 194 Å². The van der Waals surface area contributed by atoms with E-state index in [9.17, 15) is 0 Å². The molecule has 0 heterocycles. The van der Waals surface area contributed by atoms with E-state index < -0.39 is 0 Å². The second kappa shape index (κ2) is 32.0. The van der Waals surface area contributed by atoms with E-state index >= 15 is 0 Å². The van der Waals surface area contributed by atoms with Crippen LogP contribution in [-0.2, 0) is 4.74 Å². The molecule has 0 aromatic carbocycles. The highest BCUT2D eigenvalue weighted by Gasteiger charge is 1.96. The van der Waals surface area contributed by atoms with Gasteiger partial charge in [-0.3, -0.25) is 0 Å². The summed E-state index contributed by atoms with van der Waals surface area (Å²) in [6.45, 7) is 7.61. The van der Waals surface area contributed by atoms with Gasteiger partial charge in [-0.1, -0.05) is 181 Å². The van der Waals surface area contributed by atoms with Crippen LogP contribution >= 0.6 is 0 Å². The molecule has 0 aliphatic carbocycles. The Morgan fingerprint density at radius 2 is 0.606 bits per heavy atom. The Morgan fingerprint density at radius 1 is 0.333 bits per heavy atom.